The lowest BCUT2D eigenvalue weighted by atomic mass is 9.78. The summed E-state index contributed by atoms with van der Waals surface area (Å²) in [4.78, 5) is 0. The molecule has 32 heavy (non-hydrogen) atoms. The van der Waals surface area contributed by atoms with E-state index in [1.54, 1.807) is 0 Å². The molecule has 0 spiro atoms. The molecule has 6 rings (SSSR count). The summed E-state index contributed by atoms with van der Waals surface area (Å²) in [5.41, 5.74) is 4.19. The molecule has 1 aromatic heterocycles. The van der Waals surface area contributed by atoms with E-state index in [9.17, 15) is 0 Å². The first kappa shape index (κ1) is 19.8. The van der Waals surface area contributed by atoms with Crippen LogP contribution in [0, 0.1) is 0 Å². The first-order valence-corrected chi connectivity index (χ1v) is 11.5. The summed E-state index contributed by atoms with van der Waals surface area (Å²) in [6, 6.07) is 19.9. The minimum atomic E-state index is -0.366. The molecule has 0 radical (unpaired) electrons. The standard InChI is InChI=1S/C28H28BNO2/c1-27(2)28(3,4)32-29(31-27)20-15-17-24-23(18-20)26-22-13-9-8-10-19(22)14-16-25(26)30(24)21-11-6-5-7-12-21/h5-6,8-11,13-18H,7,12H2,1-4H3. The van der Waals surface area contributed by atoms with Gasteiger partial charge in [0.15, 0.2) is 0 Å². The summed E-state index contributed by atoms with van der Waals surface area (Å²) >= 11 is 0. The van der Waals surface area contributed by atoms with Crippen molar-refractivity contribution < 1.29 is 9.31 Å². The molecular weight excluding hydrogens is 393 g/mol. The number of aromatic nitrogens is 1. The first-order chi connectivity index (χ1) is 15.4. The van der Waals surface area contributed by atoms with Gasteiger partial charge in [-0.25, -0.2) is 0 Å². The zero-order chi connectivity index (χ0) is 22.1. The van der Waals surface area contributed by atoms with Gasteiger partial charge in [-0.15, -0.1) is 0 Å². The van der Waals surface area contributed by atoms with Gasteiger partial charge in [0.05, 0.1) is 22.2 Å². The van der Waals surface area contributed by atoms with Gasteiger partial charge in [0.2, 0.25) is 0 Å². The van der Waals surface area contributed by atoms with Crippen LogP contribution in [0.15, 0.2) is 72.8 Å². The van der Waals surface area contributed by atoms with Crippen molar-refractivity contribution in [3.05, 3.63) is 72.8 Å². The highest BCUT2D eigenvalue weighted by Crippen LogP contribution is 2.39. The molecule has 2 aliphatic rings. The Balaban J connectivity index is 1.64. The van der Waals surface area contributed by atoms with Gasteiger partial charge < -0.3 is 13.9 Å². The van der Waals surface area contributed by atoms with E-state index in [1.165, 1.54) is 38.3 Å². The van der Waals surface area contributed by atoms with Crippen LogP contribution in [0.4, 0.5) is 0 Å². The van der Waals surface area contributed by atoms with Crippen LogP contribution >= 0.6 is 0 Å². The highest BCUT2D eigenvalue weighted by atomic mass is 16.7. The highest BCUT2D eigenvalue weighted by Gasteiger charge is 2.51. The fraction of sp³-hybridized carbons (Fsp3) is 0.286. The van der Waals surface area contributed by atoms with Crippen molar-refractivity contribution in [1.82, 2.24) is 4.57 Å². The Labute approximate surface area is 189 Å². The molecule has 1 saturated heterocycles. The van der Waals surface area contributed by atoms with E-state index in [1.807, 2.05) is 0 Å². The predicted octanol–water partition coefficient (Wildman–Crippen LogP) is 6.44. The molecule has 0 N–H and O–H groups in total. The number of allylic oxidation sites excluding steroid dienone is 4. The van der Waals surface area contributed by atoms with Gasteiger partial charge in [0.25, 0.3) is 0 Å². The quantitative estimate of drug-likeness (QED) is 0.348. The van der Waals surface area contributed by atoms with Gasteiger partial charge in [0, 0.05) is 16.5 Å². The van der Waals surface area contributed by atoms with Crippen LogP contribution in [-0.4, -0.2) is 22.9 Å². The molecular formula is C28H28BNO2. The lowest BCUT2D eigenvalue weighted by Crippen LogP contribution is -2.41. The normalized spacial score (nSPS) is 19.9. The van der Waals surface area contributed by atoms with Crippen molar-refractivity contribution in [2.24, 2.45) is 0 Å². The second-order valence-corrected chi connectivity index (χ2v) is 10.0. The molecule has 0 unspecified atom stereocenters. The van der Waals surface area contributed by atoms with Gasteiger partial charge in [0.1, 0.15) is 0 Å². The number of rotatable bonds is 2. The SMILES string of the molecule is CC1(C)OB(c2ccc3c(c2)c2c4ccccc4ccc2n3C2=CC=CCC2)OC1(C)C. The second-order valence-electron chi connectivity index (χ2n) is 10.0. The molecule has 2 heterocycles. The van der Waals surface area contributed by atoms with Crippen molar-refractivity contribution in [2.45, 2.75) is 51.7 Å². The van der Waals surface area contributed by atoms with E-state index in [0.29, 0.717) is 0 Å². The molecule has 4 heteroatoms. The van der Waals surface area contributed by atoms with Crippen LogP contribution in [0.25, 0.3) is 38.3 Å². The van der Waals surface area contributed by atoms with Gasteiger partial charge in [-0.1, -0.05) is 54.6 Å². The maximum atomic E-state index is 6.37. The average molecular weight is 421 g/mol. The molecule has 1 fully saturated rings. The molecule has 0 bridgehead atoms. The Kier molecular flexibility index (Phi) is 4.24. The number of benzene rings is 3. The molecule has 1 aliphatic carbocycles. The third-order valence-electron chi connectivity index (χ3n) is 7.48. The lowest BCUT2D eigenvalue weighted by Gasteiger charge is -2.32. The van der Waals surface area contributed by atoms with Crippen LogP contribution in [0.1, 0.15) is 40.5 Å². The number of fused-ring (bicyclic) bond motifs is 5. The molecule has 0 saturated carbocycles. The smallest absolute Gasteiger partial charge is 0.399 e. The minimum absolute atomic E-state index is 0.355. The van der Waals surface area contributed by atoms with Crippen LogP contribution in [-0.2, 0) is 9.31 Å². The second kappa shape index (κ2) is 6.84. The molecule has 0 amide bonds. The van der Waals surface area contributed by atoms with Gasteiger partial charge in [-0.3, -0.25) is 0 Å². The van der Waals surface area contributed by atoms with E-state index < -0.39 is 0 Å². The van der Waals surface area contributed by atoms with Gasteiger partial charge in [-0.2, -0.15) is 0 Å². The number of hydrogen-bond donors (Lipinski definition) is 0. The van der Waals surface area contributed by atoms with E-state index in [2.05, 4.69) is 105 Å². The molecule has 160 valence electrons. The summed E-state index contributed by atoms with van der Waals surface area (Å²) in [6.45, 7) is 8.42. The third-order valence-corrected chi connectivity index (χ3v) is 7.48. The Hall–Kier alpha value is -2.82. The fourth-order valence-corrected chi connectivity index (χ4v) is 5.02. The van der Waals surface area contributed by atoms with Crippen LogP contribution in [0.2, 0.25) is 0 Å². The van der Waals surface area contributed by atoms with E-state index >= 15 is 0 Å². The molecule has 0 atom stereocenters. The molecule has 1 aliphatic heterocycles. The van der Waals surface area contributed by atoms with E-state index in [0.717, 1.165) is 18.3 Å². The van der Waals surface area contributed by atoms with Crippen molar-refractivity contribution in [3.63, 3.8) is 0 Å². The fourth-order valence-electron chi connectivity index (χ4n) is 5.02. The third kappa shape index (κ3) is 2.83. The topological polar surface area (TPSA) is 23.4 Å². The minimum Gasteiger partial charge on any atom is -0.399 e. The Morgan fingerprint density at radius 3 is 2.34 bits per heavy atom. The van der Waals surface area contributed by atoms with E-state index in [4.69, 9.17) is 9.31 Å². The maximum Gasteiger partial charge on any atom is 0.494 e. The number of hydrogen-bond acceptors (Lipinski definition) is 2. The first-order valence-electron chi connectivity index (χ1n) is 11.5. The number of nitrogens with zero attached hydrogens (tertiary/aromatic N) is 1. The molecule has 4 aromatic rings. The summed E-state index contributed by atoms with van der Waals surface area (Å²) in [5.74, 6) is 0. The lowest BCUT2D eigenvalue weighted by molar-refractivity contribution is 0.00578. The summed E-state index contributed by atoms with van der Waals surface area (Å²) < 4.78 is 15.2. The highest BCUT2D eigenvalue weighted by molar-refractivity contribution is 6.62. The maximum absolute atomic E-state index is 6.37. The van der Waals surface area contributed by atoms with Crippen LogP contribution in [0.5, 0.6) is 0 Å². The largest absolute Gasteiger partial charge is 0.494 e. The van der Waals surface area contributed by atoms with Crippen molar-refractivity contribution in [1.29, 1.82) is 0 Å². The Morgan fingerprint density at radius 2 is 1.59 bits per heavy atom. The zero-order valence-corrected chi connectivity index (χ0v) is 19.2. The zero-order valence-electron chi connectivity index (χ0n) is 19.2. The van der Waals surface area contributed by atoms with E-state index in [-0.39, 0.29) is 18.3 Å². The van der Waals surface area contributed by atoms with Crippen LogP contribution in [0.3, 0.4) is 0 Å². The van der Waals surface area contributed by atoms with Crippen molar-refractivity contribution >= 4 is 50.9 Å². The van der Waals surface area contributed by atoms with Crippen molar-refractivity contribution in [3.8, 4) is 0 Å². The summed E-state index contributed by atoms with van der Waals surface area (Å²) in [5, 5.41) is 5.09. The molecule has 3 nitrogen and oxygen atoms in total. The summed E-state index contributed by atoms with van der Waals surface area (Å²) in [6.07, 6.45) is 8.78. The van der Waals surface area contributed by atoms with Gasteiger partial charge in [-0.05, 0) is 75.0 Å². The Morgan fingerprint density at radius 1 is 0.844 bits per heavy atom. The monoisotopic (exact) mass is 421 g/mol. The Bertz CT molecular complexity index is 1420. The predicted molar refractivity (Wildman–Crippen MR) is 135 cm³/mol. The average Bonchev–Trinajstić information content (AvgIpc) is 3.23. The molecule has 3 aromatic carbocycles. The van der Waals surface area contributed by atoms with Crippen molar-refractivity contribution in [2.75, 3.05) is 0 Å². The van der Waals surface area contributed by atoms with Crippen LogP contribution < -0.4 is 5.46 Å². The summed E-state index contributed by atoms with van der Waals surface area (Å²) in [7, 11) is -0.366. The van der Waals surface area contributed by atoms with Gasteiger partial charge >= 0.3 is 7.12 Å².